The Labute approximate surface area is 428 Å². The number of anilines is 1. The first-order valence-electron chi connectivity index (χ1n) is 18.2. The molecule has 2 aliphatic heterocycles. The molecular formula is C40H41N2Na3O12S4. The third-order valence-electron chi connectivity index (χ3n) is 10.8. The molecule has 14 nitrogen and oxygen atoms in total. The molecule has 0 fully saturated rings. The average molecular weight is 939 g/mol. The Hall–Kier alpha value is -0.950. The summed E-state index contributed by atoms with van der Waals surface area (Å²) in [6.07, 6.45) is 9.85. The standard InChI is InChI=1S/C40H44N2O12S4.3Na/c1-39(2)32-25-30(55-54-53-43)15-17-34(32)41(21-23-56(44,45)46)36(39)19-13-28-11-8-12-29(38(28)27-9-6-5-7-10-27)14-20-37-40(3,4)33-26-31(58(50,51)52)16-18-35(33)42(37)22-24-57(47,48)49;;;/h5-7,9-10,13-20,25-26H,8,11-12,21-24H2,1-4H3,(H3-,43,44,45,46,47,48,49,50,51,52);;;/q;3*+1/p-3. The molecule has 310 valence electrons. The van der Waals surface area contributed by atoms with Crippen LogP contribution in [0.15, 0.2) is 118 Å². The van der Waals surface area contributed by atoms with Gasteiger partial charge in [-0.15, -0.1) is 0 Å². The van der Waals surface area contributed by atoms with Gasteiger partial charge in [0.1, 0.15) is 20.2 Å². The molecule has 0 radical (unpaired) electrons. The molecular weight excluding hydrogens is 898 g/mol. The second-order valence-electron chi connectivity index (χ2n) is 15.2. The molecule has 3 aromatic rings. The van der Waals surface area contributed by atoms with E-state index < -0.39 is 57.6 Å². The van der Waals surface area contributed by atoms with E-state index in [2.05, 4.69) is 9.37 Å². The smallest absolute Gasteiger partial charge is 0.748 e. The molecule has 61 heavy (non-hydrogen) atoms. The molecule has 0 amide bonds. The van der Waals surface area contributed by atoms with E-state index in [-0.39, 0.29) is 102 Å². The summed E-state index contributed by atoms with van der Waals surface area (Å²) in [6.45, 7) is 7.32. The third kappa shape index (κ3) is 12.7. The van der Waals surface area contributed by atoms with Gasteiger partial charge >= 0.3 is 88.7 Å². The SMILES string of the molecule is CC1(C)C(C=CC2=C(c3ccccc3)C(=C/C=C3/N(CCS(=O)(=O)[O-])c4ccc(S(=O)(=O)[O-])cc4C3(C)C)CCC2)=[N+](CCS(=O)(=O)[O-])c2ccc(SOO[O-])cc21.[Na+].[Na+].[Na+]. The van der Waals surface area contributed by atoms with E-state index in [0.29, 0.717) is 40.4 Å². The summed E-state index contributed by atoms with van der Waals surface area (Å²) in [7, 11) is -14.0. The molecule has 0 aromatic heterocycles. The van der Waals surface area contributed by atoms with Gasteiger partial charge in [-0.25, -0.2) is 25.3 Å². The Bertz CT molecular complexity index is 2630. The van der Waals surface area contributed by atoms with Crippen LogP contribution in [0.2, 0.25) is 0 Å². The van der Waals surface area contributed by atoms with Crippen molar-refractivity contribution in [3.05, 3.63) is 125 Å². The van der Waals surface area contributed by atoms with E-state index >= 15 is 0 Å². The predicted octanol–water partition coefficient (Wildman–Crippen LogP) is -3.90. The van der Waals surface area contributed by atoms with Gasteiger partial charge < -0.3 is 23.8 Å². The molecule has 1 aliphatic carbocycles. The van der Waals surface area contributed by atoms with E-state index in [9.17, 15) is 44.2 Å². The van der Waals surface area contributed by atoms with Crippen LogP contribution in [0.1, 0.15) is 63.6 Å². The Morgan fingerprint density at radius 3 is 2.08 bits per heavy atom. The molecule has 0 atom stereocenters. The van der Waals surface area contributed by atoms with Crippen LogP contribution in [0, 0.1) is 0 Å². The van der Waals surface area contributed by atoms with Crippen molar-refractivity contribution in [3.63, 3.8) is 0 Å². The molecule has 0 unspecified atom stereocenters. The van der Waals surface area contributed by atoms with Crippen molar-refractivity contribution >= 4 is 65.1 Å². The van der Waals surface area contributed by atoms with Crippen LogP contribution in [0.25, 0.3) is 5.57 Å². The van der Waals surface area contributed by atoms with Crippen LogP contribution in [0.5, 0.6) is 0 Å². The van der Waals surface area contributed by atoms with Gasteiger partial charge in [-0.2, -0.15) is 8.91 Å². The quantitative estimate of drug-likeness (QED) is 0.0377. The number of rotatable bonds is 14. The summed E-state index contributed by atoms with van der Waals surface area (Å²) in [6, 6.07) is 18.9. The van der Waals surface area contributed by atoms with E-state index in [1.165, 1.54) is 18.2 Å². The fraction of sp³-hybridized carbons (Fsp3) is 0.325. The number of allylic oxidation sites excluding steroid dienone is 8. The van der Waals surface area contributed by atoms with Crippen LogP contribution in [0.3, 0.4) is 0 Å². The summed E-state index contributed by atoms with van der Waals surface area (Å²) in [5.74, 6) is -1.34. The Kier molecular flexibility index (Phi) is 19.2. The predicted molar refractivity (Wildman–Crippen MR) is 214 cm³/mol. The van der Waals surface area contributed by atoms with E-state index in [1.54, 1.807) is 17.0 Å². The molecule has 21 heteroatoms. The van der Waals surface area contributed by atoms with Crippen molar-refractivity contribution in [1.29, 1.82) is 0 Å². The minimum absolute atomic E-state index is 0. The first-order chi connectivity index (χ1) is 27.1. The first-order valence-corrected chi connectivity index (χ1v) is 23.5. The van der Waals surface area contributed by atoms with Gasteiger partial charge in [0.05, 0.1) is 44.0 Å². The summed E-state index contributed by atoms with van der Waals surface area (Å²) >= 11 is 0.732. The topological polar surface area (TPSA) is 219 Å². The van der Waals surface area contributed by atoms with Gasteiger partial charge in [0.2, 0.25) is 5.69 Å². The second-order valence-corrected chi connectivity index (χ2v) is 20.4. The van der Waals surface area contributed by atoms with Crippen LogP contribution >= 0.6 is 12.0 Å². The van der Waals surface area contributed by atoms with Crippen molar-refractivity contribution in [2.24, 2.45) is 0 Å². The second kappa shape index (κ2) is 21.6. The average Bonchev–Trinajstić information content (AvgIpc) is 3.50. The Balaban J connectivity index is 0.00000331. The van der Waals surface area contributed by atoms with Crippen molar-refractivity contribution in [2.75, 3.05) is 29.5 Å². The van der Waals surface area contributed by atoms with Crippen LogP contribution in [0.4, 0.5) is 11.4 Å². The Morgan fingerprint density at radius 1 is 0.787 bits per heavy atom. The van der Waals surface area contributed by atoms with E-state index in [1.807, 2.05) is 93.0 Å². The van der Waals surface area contributed by atoms with Gasteiger partial charge in [-0.1, -0.05) is 56.3 Å². The van der Waals surface area contributed by atoms with Crippen molar-refractivity contribution in [1.82, 2.24) is 0 Å². The summed E-state index contributed by atoms with van der Waals surface area (Å²) in [5, 5.41) is 14.0. The number of hydrogen-bond donors (Lipinski definition) is 0. The summed E-state index contributed by atoms with van der Waals surface area (Å²) in [5.41, 5.74) is 6.04. The normalized spacial score (nSPS) is 18.5. The molecule has 0 N–H and O–H groups in total. The van der Waals surface area contributed by atoms with E-state index in [0.717, 1.165) is 52.0 Å². The zero-order valence-electron chi connectivity index (χ0n) is 35.0. The van der Waals surface area contributed by atoms with Gasteiger partial charge in [0, 0.05) is 45.9 Å². The molecule has 0 saturated heterocycles. The van der Waals surface area contributed by atoms with Gasteiger partial charge in [0.25, 0.3) is 0 Å². The van der Waals surface area contributed by atoms with Crippen molar-refractivity contribution in [2.45, 2.75) is 67.6 Å². The zero-order valence-corrected chi connectivity index (χ0v) is 44.3. The first kappa shape index (κ1) is 54.4. The fourth-order valence-corrected chi connectivity index (χ4v) is 9.76. The molecule has 0 spiro atoms. The van der Waals surface area contributed by atoms with Crippen LogP contribution < -0.4 is 98.8 Å². The maximum atomic E-state index is 12.0. The number of fused-ring (bicyclic) bond motifs is 2. The number of benzene rings is 3. The molecule has 0 bridgehead atoms. The van der Waals surface area contributed by atoms with Crippen LogP contribution in [-0.4, -0.2) is 73.8 Å². The largest absolute Gasteiger partial charge is 1.00 e. The maximum Gasteiger partial charge on any atom is 1.00 e. The zero-order chi connectivity index (χ0) is 42.3. The number of nitrogens with zero attached hydrogens (tertiary/aromatic N) is 2. The number of hydrogen-bond acceptors (Lipinski definition) is 14. The van der Waals surface area contributed by atoms with Gasteiger partial charge in [0.15, 0.2) is 12.3 Å². The van der Waals surface area contributed by atoms with Gasteiger partial charge in [-0.3, -0.25) is 5.04 Å². The minimum atomic E-state index is -4.80. The Morgan fingerprint density at radius 2 is 1.46 bits per heavy atom. The third-order valence-corrected chi connectivity index (χ3v) is 13.6. The molecule has 3 aliphatic rings. The molecule has 0 saturated carbocycles. The molecule has 3 aromatic carbocycles. The molecule has 6 rings (SSSR count). The van der Waals surface area contributed by atoms with Crippen molar-refractivity contribution < 1.29 is 147 Å². The van der Waals surface area contributed by atoms with E-state index in [4.69, 9.17) is 0 Å². The van der Waals surface area contributed by atoms with Crippen LogP contribution in [-0.2, 0) is 50.6 Å². The maximum absolute atomic E-state index is 12.0. The fourth-order valence-electron chi connectivity index (χ4n) is 8.05. The van der Waals surface area contributed by atoms with Crippen molar-refractivity contribution in [3.8, 4) is 0 Å². The minimum Gasteiger partial charge on any atom is -0.748 e. The molecule has 2 heterocycles. The summed E-state index contributed by atoms with van der Waals surface area (Å²) in [4.78, 5) is 1.83. The summed E-state index contributed by atoms with van der Waals surface area (Å²) < 4.78 is 113. The van der Waals surface area contributed by atoms with Gasteiger partial charge in [-0.05, 0) is 97.4 Å². The monoisotopic (exact) mass is 938 g/mol.